The van der Waals surface area contributed by atoms with Gasteiger partial charge in [-0.25, -0.2) is 9.78 Å². The number of nitrogens with one attached hydrogen (secondary N) is 1. The van der Waals surface area contributed by atoms with E-state index in [0.717, 1.165) is 5.56 Å². The molecule has 0 bridgehead atoms. The monoisotopic (exact) mass is 234 g/mol. The maximum atomic E-state index is 10.6. The van der Waals surface area contributed by atoms with E-state index in [9.17, 15) is 4.79 Å². The first-order valence-electron chi connectivity index (χ1n) is 4.72. The lowest BCUT2D eigenvalue weighted by Crippen LogP contribution is -2.00. The second-order valence-corrected chi connectivity index (χ2v) is 4.04. The van der Waals surface area contributed by atoms with Gasteiger partial charge in [0, 0.05) is 11.9 Å². The molecular formula is C11H10N2O2S. The molecule has 2 aromatic rings. The molecule has 0 aliphatic heterocycles. The molecule has 16 heavy (non-hydrogen) atoms. The summed E-state index contributed by atoms with van der Waals surface area (Å²) in [7, 11) is 0. The predicted molar refractivity (Wildman–Crippen MR) is 62.8 cm³/mol. The van der Waals surface area contributed by atoms with Crippen molar-refractivity contribution in [2.45, 2.75) is 6.54 Å². The van der Waals surface area contributed by atoms with Crippen molar-refractivity contribution >= 4 is 22.4 Å². The molecule has 0 atom stereocenters. The minimum Gasteiger partial charge on any atom is -0.476 e. The first-order valence-corrected chi connectivity index (χ1v) is 5.60. The smallest absolute Gasteiger partial charge is 0.355 e. The molecule has 0 amide bonds. The quantitative estimate of drug-likeness (QED) is 0.853. The average molecular weight is 234 g/mol. The van der Waals surface area contributed by atoms with Gasteiger partial charge in [-0.05, 0) is 5.56 Å². The van der Waals surface area contributed by atoms with E-state index >= 15 is 0 Å². The molecule has 0 fully saturated rings. The fraction of sp³-hybridized carbons (Fsp3) is 0.0909. The Hall–Kier alpha value is -1.88. The maximum absolute atomic E-state index is 10.6. The van der Waals surface area contributed by atoms with Gasteiger partial charge in [0.05, 0.1) is 0 Å². The van der Waals surface area contributed by atoms with Crippen LogP contribution in [0.5, 0.6) is 0 Å². The first-order chi connectivity index (χ1) is 7.75. The van der Waals surface area contributed by atoms with E-state index in [0.29, 0.717) is 11.7 Å². The van der Waals surface area contributed by atoms with E-state index < -0.39 is 5.97 Å². The highest BCUT2D eigenvalue weighted by Gasteiger charge is 2.07. The molecule has 0 radical (unpaired) electrons. The summed E-state index contributed by atoms with van der Waals surface area (Å²) in [6, 6.07) is 9.87. The van der Waals surface area contributed by atoms with Gasteiger partial charge < -0.3 is 10.4 Å². The van der Waals surface area contributed by atoms with Crippen LogP contribution in [0.15, 0.2) is 35.7 Å². The number of nitrogens with zero attached hydrogens (tertiary/aromatic N) is 1. The fourth-order valence-electron chi connectivity index (χ4n) is 1.23. The molecule has 2 N–H and O–H groups in total. The number of carboxylic acid groups (broad SMARTS) is 1. The summed E-state index contributed by atoms with van der Waals surface area (Å²) in [6.07, 6.45) is 0. The van der Waals surface area contributed by atoms with Crippen molar-refractivity contribution in [3.8, 4) is 0 Å². The number of carbonyl (C=O) groups is 1. The van der Waals surface area contributed by atoms with Crippen LogP contribution < -0.4 is 5.32 Å². The third-order valence-electron chi connectivity index (χ3n) is 2.01. The number of hydrogen-bond donors (Lipinski definition) is 2. The van der Waals surface area contributed by atoms with Gasteiger partial charge in [-0.15, -0.1) is 11.3 Å². The van der Waals surface area contributed by atoms with Gasteiger partial charge in [0.2, 0.25) is 0 Å². The van der Waals surface area contributed by atoms with Gasteiger partial charge >= 0.3 is 5.97 Å². The lowest BCUT2D eigenvalue weighted by atomic mass is 10.2. The highest BCUT2D eigenvalue weighted by Crippen LogP contribution is 2.16. The zero-order valence-electron chi connectivity index (χ0n) is 8.38. The van der Waals surface area contributed by atoms with E-state index in [1.54, 1.807) is 0 Å². The molecule has 0 spiro atoms. The number of benzene rings is 1. The minimum atomic E-state index is -0.996. The summed E-state index contributed by atoms with van der Waals surface area (Å²) in [5.74, 6) is -0.996. The van der Waals surface area contributed by atoms with E-state index in [4.69, 9.17) is 5.11 Å². The summed E-state index contributed by atoms with van der Waals surface area (Å²) in [4.78, 5) is 14.5. The third kappa shape index (κ3) is 2.58. The number of aromatic nitrogens is 1. The van der Waals surface area contributed by atoms with Crippen LogP contribution in [0.1, 0.15) is 16.1 Å². The van der Waals surface area contributed by atoms with Crippen molar-refractivity contribution in [3.05, 3.63) is 47.0 Å². The number of thiazole rings is 1. The molecule has 0 saturated heterocycles. The Bertz CT molecular complexity index is 482. The van der Waals surface area contributed by atoms with Crippen LogP contribution in [0.25, 0.3) is 0 Å². The standard InChI is InChI=1S/C11H10N2O2S/c14-10(15)9-7-16-11(13-9)12-6-8-4-2-1-3-5-8/h1-5,7H,6H2,(H,12,13)(H,14,15). The summed E-state index contributed by atoms with van der Waals surface area (Å²) in [5.41, 5.74) is 1.22. The summed E-state index contributed by atoms with van der Waals surface area (Å²) in [6.45, 7) is 0.646. The molecule has 1 aromatic carbocycles. The second kappa shape index (κ2) is 4.76. The van der Waals surface area contributed by atoms with Crippen molar-refractivity contribution in [3.63, 3.8) is 0 Å². The van der Waals surface area contributed by atoms with Gasteiger partial charge in [-0.2, -0.15) is 0 Å². The molecule has 2 rings (SSSR count). The summed E-state index contributed by atoms with van der Waals surface area (Å²) < 4.78 is 0. The molecule has 0 aliphatic rings. The number of hydrogen-bond acceptors (Lipinski definition) is 4. The maximum Gasteiger partial charge on any atom is 0.355 e. The van der Waals surface area contributed by atoms with Crippen LogP contribution in [0, 0.1) is 0 Å². The van der Waals surface area contributed by atoms with Gasteiger partial charge in [-0.1, -0.05) is 30.3 Å². The average Bonchev–Trinajstić information content (AvgIpc) is 2.76. The molecule has 1 heterocycles. The van der Waals surface area contributed by atoms with Gasteiger partial charge in [-0.3, -0.25) is 0 Å². The van der Waals surface area contributed by atoms with Crippen molar-refractivity contribution in [1.29, 1.82) is 0 Å². The second-order valence-electron chi connectivity index (χ2n) is 3.18. The normalized spacial score (nSPS) is 10.0. The summed E-state index contributed by atoms with van der Waals surface area (Å²) >= 11 is 1.29. The predicted octanol–water partition coefficient (Wildman–Crippen LogP) is 2.45. The van der Waals surface area contributed by atoms with Crippen LogP contribution in [-0.4, -0.2) is 16.1 Å². The van der Waals surface area contributed by atoms with E-state index in [2.05, 4.69) is 10.3 Å². The van der Waals surface area contributed by atoms with Gasteiger partial charge in [0.25, 0.3) is 0 Å². The zero-order valence-corrected chi connectivity index (χ0v) is 9.20. The fourth-order valence-corrected chi connectivity index (χ4v) is 1.91. The van der Waals surface area contributed by atoms with Gasteiger partial charge in [0.15, 0.2) is 10.8 Å². The third-order valence-corrected chi connectivity index (χ3v) is 2.81. The Kier molecular flexibility index (Phi) is 3.16. The Morgan fingerprint density at radius 2 is 2.12 bits per heavy atom. The SMILES string of the molecule is O=C(O)c1csc(NCc2ccccc2)n1. The van der Waals surface area contributed by atoms with Crippen molar-refractivity contribution in [2.24, 2.45) is 0 Å². The first kappa shape index (κ1) is 10.6. The Morgan fingerprint density at radius 3 is 2.75 bits per heavy atom. The number of aromatic carboxylic acids is 1. The molecule has 5 heteroatoms. The topological polar surface area (TPSA) is 62.2 Å². The largest absolute Gasteiger partial charge is 0.476 e. The van der Waals surface area contributed by atoms with Crippen molar-refractivity contribution in [1.82, 2.24) is 4.98 Å². The molecular weight excluding hydrogens is 224 g/mol. The van der Waals surface area contributed by atoms with Crippen LogP contribution >= 0.6 is 11.3 Å². The van der Waals surface area contributed by atoms with Crippen molar-refractivity contribution in [2.75, 3.05) is 5.32 Å². The molecule has 1 aromatic heterocycles. The van der Waals surface area contributed by atoms with Gasteiger partial charge in [0.1, 0.15) is 0 Å². The Labute approximate surface area is 96.6 Å². The van der Waals surface area contributed by atoms with Crippen LogP contribution in [-0.2, 0) is 6.54 Å². The number of anilines is 1. The van der Waals surface area contributed by atoms with Crippen LogP contribution in [0.2, 0.25) is 0 Å². The molecule has 82 valence electrons. The molecule has 0 aliphatic carbocycles. The number of carboxylic acids is 1. The Balaban J connectivity index is 1.97. The van der Waals surface area contributed by atoms with E-state index in [-0.39, 0.29) is 5.69 Å². The van der Waals surface area contributed by atoms with Crippen LogP contribution in [0.3, 0.4) is 0 Å². The highest BCUT2D eigenvalue weighted by atomic mass is 32.1. The van der Waals surface area contributed by atoms with E-state index in [1.807, 2.05) is 30.3 Å². The van der Waals surface area contributed by atoms with E-state index in [1.165, 1.54) is 16.7 Å². The Morgan fingerprint density at radius 1 is 1.38 bits per heavy atom. The molecule has 0 saturated carbocycles. The van der Waals surface area contributed by atoms with Crippen LogP contribution in [0.4, 0.5) is 5.13 Å². The molecule has 4 nitrogen and oxygen atoms in total. The number of rotatable bonds is 4. The summed E-state index contributed by atoms with van der Waals surface area (Å²) in [5, 5.41) is 13.9. The van der Waals surface area contributed by atoms with Crippen molar-refractivity contribution < 1.29 is 9.90 Å². The lowest BCUT2D eigenvalue weighted by Gasteiger charge is -2.01. The highest BCUT2D eigenvalue weighted by molar-refractivity contribution is 7.13. The lowest BCUT2D eigenvalue weighted by molar-refractivity contribution is 0.0691. The minimum absolute atomic E-state index is 0.0839. The zero-order chi connectivity index (χ0) is 11.4. The molecule has 0 unspecified atom stereocenters.